The monoisotopic (exact) mass is 325 g/mol. The minimum atomic E-state index is -4.31. The van der Waals surface area contributed by atoms with Gasteiger partial charge in [0.15, 0.2) is 0 Å². The molecule has 0 rings (SSSR count). The van der Waals surface area contributed by atoms with Gasteiger partial charge in [-0.05, 0) is 20.3 Å². The summed E-state index contributed by atoms with van der Waals surface area (Å²) < 4.78 is 60.5. The molecule has 0 saturated heterocycles. The number of halogens is 4. The van der Waals surface area contributed by atoms with Gasteiger partial charge in [0.05, 0.1) is 5.75 Å². The fourth-order valence-electron chi connectivity index (χ4n) is 0.962. The van der Waals surface area contributed by atoms with E-state index in [1.807, 2.05) is 0 Å². The molecule has 0 aromatic rings. The Morgan fingerprint density at radius 1 is 1.25 bits per heavy atom. The summed E-state index contributed by atoms with van der Waals surface area (Å²) in [6.07, 6.45) is -5.81. The van der Waals surface area contributed by atoms with Crippen molar-refractivity contribution in [2.75, 3.05) is 11.1 Å². The summed E-state index contributed by atoms with van der Waals surface area (Å²) in [4.78, 5) is 0. The number of rotatable bonds is 6. The van der Waals surface area contributed by atoms with Crippen LogP contribution in [0, 0.1) is 0 Å². The minimum Gasteiger partial charge on any atom is -0.212 e. The lowest BCUT2D eigenvalue weighted by Gasteiger charge is -2.23. The molecule has 98 valence electrons. The number of hydrogen-bond acceptors (Lipinski definition) is 2. The molecule has 0 bridgehead atoms. The van der Waals surface area contributed by atoms with Crippen LogP contribution in [0.3, 0.4) is 0 Å². The van der Waals surface area contributed by atoms with E-state index >= 15 is 0 Å². The average molecular weight is 326 g/mol. The van der Waals surface area contributed by atoms with E-state index in [0.717, 1.165) is 0 Å². The van der Waals surface area contributed by atoms with Crippen molar-refractivity contribution in [1.82, 2.24) is 4.72 Å². The highest BCUT2D eigenvalue weighted by Gasteiger charge is 2.29. The molecular formula is C8H15BrF3NO2S. The van der Waals surface area contributed by atoms with E-state index in [-0.39, 0.29) is 0 Å². The van der Waals surface area contributed by atoms with E-state index in [1.54, 1.807) is 13.8 Å². The quantitative estimate of drug-likeness (QED) is 0.762. The smallest absolute Gasteiger partial charge is 0.212 e. The van der Waals surface area contributed by atoms with Crippen LogP contribution < -0.4 is 4.72 Å². The molecule has 0 amide bonds. The molecule has 0 aliphatic rings. The molecule has 0 heterocycles. The third kappa shape index (κ3) is 8.35. The van der Waals surface area contributed by atoms with Crippen molar-refractivity contribution in [3.05, 3.63) is 0 Å². The highest BCUT2D eigenvalue weighted by Crippen LogP contribution is 2.21. The summed E-state index contributed by atoms with van der Waals surface area (Å²) in [5.74, 6) is -0.511. The van der Waals surface area contributed by atoms with Gasteiger partial charge in [-0.2, -0.15) is 13.2 Å². The number of nitrogens with one attached hydrogen (secondary N) is 1. The van der Waals surface area contributed by atoms with Crippen molar-refractivity contribution in [3.8, 4) is 0 Å². The molecule has 0 aromatic carbocycles. The first-order chi connectivity index (χ1) is 6.97. The Kier molecular flexibility index (Phi) is 5.74. The van der Waals surface area contributed by atoms with Gasteiger partial charge in [-0.15, -0.1) is 0 Å². The highest BCUT2D eigenvalue weighted by atomic mass is 79.9. The van der Waals surface area contributed by atoms with Crippen LogP contribution in [0.5, 0.6) is 0 Å². The predicted octanol–water partition coefficient (Wildman–Crippen LogP) is 2.42. The third-order valence-electron chi connectivity index (χ3n) is 1.64. The molecule has 3 nitrogen and oxygen atoms in total. The van der Waals surface area contributed by atoms with Gasteiger partial charge >= 0.3 is 6.18 Å². The first-order valence-electron chi connectivity index (χ1n) is 4.62. The molecule has 0 unspecified atom stereocenters. The Hall–Kier alpha value is 0.180. The maximum Gasteiger partial charge on any atom is 0.389 e. The normalized spacial score (nSPS) is 14.1. The summed E-state index contributed by atoms with van der Waals surface area (Å²) in [5.41, 5.74) is -0.697. The molecule has 8 heteroatoms. The van der Waals surface area contributed by atoms with Crippen molar-refractivity contribution >= 4 is 26.0 Å². The molecule has 0 atom stereocenters. The molecule has 0 aliphatic carbocycles. The van der Waals surface area contributed by atoms with E-state index < -0.39 is 40.3 Å². The Morgan fingerprint density at radius 2 is 1.75 bits per heavy atom. The zero-order chi connectivity index (χ0) is 13.0. The lowest BCUT2D eigenvalue weighted by atomic mass is 10.1. The summed E-state index contributed by atoms with van der Waals surface area (Å²) in [7, 11) is -3.65. The van der Waals surface area contributed by atoms with Crippen molar-refractivity contribution in [2.45, 2.75) is 38.4 Å². The number of sulfonamides is 1. The molecule has 0 saturated carbocycles. The van der Waals surface area contributed by atoms with Crippen molar-refractivity contribution in [3.63, 3.8) is 0 Å². The first-order valence-corrected chi connectivity index (χ1v) is 7.39. The molecule has 0 aliphatic heterocycles. The van der Waals surface area contributed by atoms with Crippen LogP contribution in [0.15, 0.2) is 0 Å². The van der Waals surface area contributed by atoms with Crippen molar-refractivity contribution in [1.29, 1.82) is 0 Å². The van der Waals surface area contributed by atoms with E-state index in [9.17, 15) is 21.6 Å². The van der Waals surface area contributed by atoms with Crippen molar-refractivity contribution in [2.24, 2.45) is 0 Å². The summed E-state index contributed by atoms with van der Waals surface area (Å²) in [5, 5.41) is 0.387. The summed E-state index contributed by atoms with van der Waals surface area (Å²) in [6.45, 7) is 3.28. The Morgan fingerprint density at radius 3 is 2.12 bits per heavy atom. The highest BCUT2D eigenvalue weighted by molar-refractivity contribution is 9.09. The molecule has 0 spiro atoms. The maximum absolute atomic E-state index is 11.8. The van der Waals surface area contributed by atoms with Crippen LogP contribution in [0.1, 0.15) is 26.7 Å². The van der Waals surface area contributed by atoms with E-state index in [0.29, 0.717) is 5.33 Å². The topological polar surface area (TPSA) is 46.2 Å². The Labute approximate surface area is 102 Å². The first kappa shape index (κ1) is 16.2. The van der Waals surface area contributed by atoms with Crippen LogP contribution in [-0.4, -0.2) is 31.2 Å². The summed E-state index contributed by atoms with van der Waals surface area (Å²) in [6, 6.07) is 0. The zero-order valence-electron chi connectivity index (χ0n) is 9.07. The van der Waals surface area contributed by atoms with Gasteiger partial charge in [0.2, 0.25) is 10.0 Å². The minimum absolute atomic E-state index is 0.387. The molecule has 1 N–H and O–H groups in total. The Balaban J connectivity index is 4.18. The van der Waals surface area contributed by atoms with Crippen molar-refractivity contribution < 1.29 is 21.6 Å². The standard InChI is InChI=1S/C8H15BrF3NO2S/c1-7(2,6-9)13-16(14,15)5-3-4-8(10,11)12/h13H,3-6H2,1-2H3. The Bertz CT molecular complexity index is 314. The van der Waals surface area contributed by atoms with Crippen LogP contribution in [0.2, 0.25) is 0 Å². The molecular weight excluding hydrogens is 311 g/mol. The van der Waals surface area contributed by atoms with Gasteiger partial charge in [-0.1, -0.05) is 15.9 Å². The number of hydrogen-bond donors (Lipinski definition) is 1. The second-order valence-electron chi connectivity index (χ2n) is 4.16. The lowest BCUT2D eigenvalue weighted by molar-refractivity contribution is -0.134. The molecule has 0 aromatic heterocycles. The largest absolute Gasteiger partial charge is 0.389 e. The van der Waals surface area contributed by atoms with Gasteiger partial charge in [0.1, 0.15) is 0 Å². The van der Waals surface area contributed by atoms with Crippen LogP contribution in [0.4, 0.5) is 13.2 Å². The zero-order valence-corrected chi connectivity index (χ0v) is 11.5. The SMILES string of the molecule is CC(C)(CBr)NS(=O)(=O)CCCC(F)(F)F. The summed E-state index contributed by atoms with van der Waals surface area (Å²) >= 11 is 3.12. The maximum atomic E-state index is 11.8. The van der Waals surface area contributed by atoms with E-state index in [2.05, 4.69) is 20.7 Å². The molecule has 0 radical (unpaired) electrons. The van der Waals surface area contributed by atoms with Crippen LogP contribution >= 0.6 is 15.9 Å². The average Bonchev–Trinajstić information content (AvgIpc) is 1.99. The van der Waals surface area contributed by atoms with Gasteiger partial charge in [0.25, 0.3) is 0 Å². The van der Waals surface area contributed by atoms with Crippen LogP contribution in [0.25, 0.3) is 0 Å². The molecule has 0 fully saturated rings. The van der Waals surface area contributed by atoms with Gasteiger partial charge in [-0.25, -0.2) is 13.1 Å². The van der Waals surface area contributed by atoms with E-state index in [4.69, 9.17) is 0 Å². The fraction of sp³-hybridized carbons (Fsp3) is 1.00. The third-order valence-corrected chi connectivity index (χ3v) is 4.73. The van der Waals surface area contributed by atoms with Crippen LogP contribution in [-0.2, 0) is 10.0 Å². The van der Waals surface area contributed by atoms with Gasteiger partial charge in [0, 0.05) is 17.3 Å². The number of alkyl halides is 4. The van der Waals surface area contributed by atoms with Gasteiger partial charge < -0.3 is 0 Å². The van der Waals surface area contributed by atoms with E-state index in [1.165, 1.54) is 0 Å². The van der Waals surface area contributed by atoms with Gasteiger partial charge in [-0.3, -0.25) is 0 Å². The second kappa shape index (κ2) is 5.68. The second-order valence-corrected chi connectivity index (χ2v) is 6.56. The lowest BCUT2D eigenvalue weighted by Crippen LogP contribution is -2.45. The predicted molar refractivity (Wildman–Crippen MR) is 60.1 cm³/mol. The fourth-order valence-corrected chi connectivity index (χ4v) is 2.83. The molecule has 16 heavy (non-hydrogen) atoms.